The molecule has 7 heteroatoms. The number of carboxylic acid groups (broad SMARTS) is 1. The second-order valence-electron chi connectivity index (χ2n) is 5.41. The summed E-state index contributed by atoms with van der Waals surface area (Å²) >= 11 is 1.02. The Hall–Kier alpha value is -1.50. The van der Waals surface area contributed by atoms with Gasteiger partial charge in [0.25, 0.3) is 5.91 Å². The minimum Gasteiger partial charge on any atom is -0.481 e. The minimum atomic E-state index is -1.09. The van der Waals surface area contributed by atoms with Crippen LogP contribution in [0.15, 0.2) is 0 Å². The Morgan fingerprint density at radius 1 is 1.32 bits per heavy atom. The standard InChI is InChI=1S/C12H19N3O3S/c1-6-7-8(19-15-14-7)9(16)13-12(4,5)11(2,3)10(17)18/h6H2,1-5H3,(H,13,16)(H,17,18). The maximum atomic E-state index is 12.2. The molecule has 0 saturated heterocycles. The molecule has 6 nitrogen and oxygen atoms in total. The normalized spacial score (nSPS) is 12.3. The van der Waals surface area contributed by atoms with Crippen LogP contribution in [0, 0.1) is 5.41 Å². The largest absolute Gasteiger partial charge is 0.481 e. The highest BCUT2D eigenvalue weighted by atomic mass is 32.1. The van der Waals surface area contributed by atoms with Crippen molar-refractivity contribution in [3.8, 4) is 0 Å². The average Bonchev–Trinajstić information content (AvgIpc) is 2.75. The summed E-state index contributed by atoms with van der Waals surface area (Å²) in [6, 6.07) is 0. The molecule has 0 bridgehead atoms. The second-order valence-corrected chi connectivity index (χ2v) is 6.17. The first-order valence-electron chi connectivity index (χ1n) is 6.00. The fraction of sp³-hybridized carbons (Fsp3) is 0.667. The van der Waals surface area contributed by atoms with E-state index in [9.17, 15) is 14.7 Å². The molecule has 2 N–H and O–H groups in total. The summed E-state index contributed by atoms with van der Waals surface area (Å²) in [5.74, 6) is -1.29. The van der Waals surface area contributed by atoms with Gasteiger partial charge in [-0.3, -0.25) is 9.59 Å². The van der Waals surface area contributed by atoms with Gasteiger partial charge in [0.05, 0.1) is 16.6 Å². The first-order chi connectivity index (χ1) is 8.63. The predicted molar refractivity (Wildman–Crippen MR) is 72.2 cm³/mol. The number of aryl methyl sites for hydroxylation is 1. The Morgan fingerprint density at radius 3 is 2.37 bits per heavy atom. The van der Waals surface area contributed by atoms with Gasteiger partial charge in [-0.25, -0.2) is 0 Å². The van der Waals surface area contributed by atoms with E-state index in [1.807, 2.05) is 6.92 Å². The Labute approximate surface area is 116 Å². The third-order valence-corrected chi connectivity index (χ3v) is 4.39. The highest BCUT2D eigenvalue weighted by Gasteiger charge is 2.44. The fourth-order valence-electron chi connectivity index (χ4n) is 1.38. The van der Waals surface area contributed by atoms with Crippen molar-refractivity contribution in [2.24, 2.45) is 5.41 Å². The van der Waals surface area contributed by atoms with Gasteiger partial charge < -0.3 is 10.4 Å². The van der Waals surface area contributed by atoms with Crippen LogP contribution in [0.2, 0.25) is 0 Å². The number of amides is 1. The molecular formula is C12H19N3O3S. The van der Waals surface area contributed by atoms with Crippen molar-refractivity contribution in [2.45, 2.75) is 46.6 Å². The lowest BCUT2D eigenvalue weighted by atomic mass is 9.74. The van der Waals surface area contributed by atoms with Gasteiger partial charge in [-0.15, -0.1) is 5.10 Å². The first kappa shape index (κ1) is 15.6. The van der Waals surface area contributed by atoms with Gasteiger partial charge >= 0.3 is 5.97 Å². The maximum Gasteiger partial charge on any atom is 0.311 e. The maximum absolute atomic E-state index is 12.2. The zero-order valence-corrected chi connectivity index (χ0v) is 12.6. The zero-order valence-electron chi connectivity index (χ0n) is 11.8. The van der Waals surface area contributed by atoms with Crippen molar-refractivity contribution >= 4 is 23.4 Å². The Morgan fingerprint density at radius 2 is 1.89 bits per heavy atom. The summed E-state index contributed by atoms with van der Waals surface area (Å²) in [6.45, 7) is 8.45. The number of carboxylic acids is 1. The van der Waals surface area contributed by atoms with Crippen molar-refractivity contribution < 1.29 is 14.7 Å². The second kappa shape index (κ2) is 5.24. The van der Waals surface area contributed by atoms with Crippen LogP contribution in [0.1, 0.15) is 50.0 Å². The van der Waals surface area contributed by atoms with Crippen LogP contribution in [0.25, 0.3) is 0 Å². The van der Waals surface area contributed by atoms with Gasteiger partial charge in [0, 0.05) is 0 Å². The van der Waals surface area contributed by atoms with Gasteiger partial charge in [-0.1, -0.05) is 11.4 Å². The summed E-state index contributed by atoms with van der Waals surface area (Å²) in [4.78, 5) is 23.9. The molecule has 106 valence electrons. The molecule has 0 unspecified atom stereocenters. The molecule has 1 aromatic rings. The number of nitrogens with one attached hydrogen (secondary N) is 1. The SMILES string of the molecule is CCc1nnsc1C(=O)NC(C)(C)C(C)(C)C(=O)O. The van der Waals surface area contributed by atoms with Crippen molar-refractivity contribution in [1.29, 1.82) is 0 Å². The molecule has 1 heterocycles. The Kier molecular flexibility index (Phi) is 4.29. The number of hydrogen-bond donors (Lipinski definition) is 2. The molecule has 0 saturated carbocycles. The number of nitrogens with zero attached hydrogens (tertiary/aromatic N) is 2. The van der Waals surface area contributed by atoms with Gasteiger partial charge in [0.15, 0.2) is 0 Å². The number of rotatable bonds is 5. The third-order valence-electron chi connectivity index (χ3n) is 3.62. The molecular weight excluding hydrogens is 266 g/mol. The summed E-state index contributed by atoms with van der Waals surface area (Å²) in [6.07, 6.45) is 0.613. The Balaban J connectivity index is 2.96. The molecule has 0 aliphatic carbocycles. The Bertz CT molecular complexity index is 494. The number of carbonyl (C=O) groups excluding carboxylic acids is 1. The zero-order chi connectivity index (χ0) is 14.8. The molecule has 0 aliphatic rings. The molecule has 0 aromatic carbocycles. The van der Waals surface area contributed by atoms with E-state index in [4.69, 9.17) is 0 Å². The molecule has 1 rings (SSSR count). The quantitative estimate of drug-likeness (QED) is 0.859. The van der Waals surface area contributed by atoms with Gasteiger partial charge in [-0.2, -0.15) is 0 Å². The molecule has 0 spiro atoms. The summed E-state index contributed by atoms with van der Waals surface area (Å²) in [5.41, 5.74) is -1.36. The summed E-state index contributed by atoms with van der Waals surface area (Å²) in [7, 11) is 0. The van der Waals surface area contributed by atoms with Crippen LogP contribution in [0.3, 0.4) is 0 Å². The monoisotopic (exact) mass is 285 g/mol. The fourth-order valence-corrected chi connectivity index (χ4v) is 2.02. The minimum absolute atomic E-state index is 0.328. The highest BCUT2D eigenvalue weighted by Crippen LogP contribution is 2.31. The predicted octanol–water partition coefficient (Wildman–Crippen LogP) is 1.72. The van der Waals surface area contributed by atoms with Gasteiger partial charge in [0.1, 0.15) is 4.88 Å². The lowest BCUT2D eigenvalue weighted by Crippen LogP contribution is -2.56. The topological polar surface area (TPSA) is 92.2 Å². The van der Waals surface area contributed by atoms with Crippen LogP contribution in [-0.2, 0) is 11.2 Å². The van der Waals surface area contributed by atoms with Crippen LogP contribution >= 0.6 is 11.5 Å². The van der Waals surface area contributed by atoms with E-state index >= 15 is 0 Å². The molecule has 1 amide bonds. The van der Waals surface area contributed by atoms with Crippen LogP contribution < -0.4 is 5.32 Å². The van der Waals surface area contributed by atoms with Crippen molar-refractivity contribution in [1.82, 2.24) is 14.9 Å². The highest BCUT2D eigenvalue weighted by molar-refractivity contribution is 7.08. The summed E-state index contributed by atoms with van der Waals surface area (Å²) in [5, 5.41) is 15.9. The first-order valence-corrected chi connectivity index (χ1v) is 6.78. The van der Waals surface area contributed by atoms with E-state index in [-0.39, 0.29) is 5.91 Å². The van der Waals surface area contributed by atoms with E-state index in [1.54, 1.807) is 27.7 Å². The molecule has 0 radical (unpaired) electrons. The lowest BCUT2D eigenvalue weighted by molar-refractivity contribution is -0.150. The van der Waals surface area contributed by atoms with Crippen molar-refractivity contribution in [3.63, 3.8) is 0 Å². The average molecular weight is 285 g/mol. The molecule has 0 fully saturated rings. The number of aliphatic carboxylic acids is 1. The van der Waals surface area contributed by atoms with Crippen molar-refractivity contribution in [2.75, 3.05) is 0 Å². The smallest absolute Gasteiger partial charge is 0.311 e. The van der Waals surface area contributed by atoms with Crippen molar-refractivity contribution in [3.05, 3.63) is 10.6 Å². The van der Waals surface area contributed by atoms with Crippen LogP contribution in [-0.4, -0.2) is 32.1 Å². The van der Waals surface area contributed by atoms with E-state index in [0.717, 1.165) is 11.5 Å². The van der Waals surface area contributed by atoms with Gasteiger partial charge in [-0.05, 0) is 45.6 Å². The molecule has 1 aromatic heterocycles. The number of hydrogen-bond acceptors (Lipinski definition) is 5. The van der Waals surface area contributed by atoms with E-state index in [2.05, 4.69) is 14.9 Å². The van der Waals surface area contributed by atoms with E-state index in [1.165, 1.54) is 0 Å². The van der Waals surface area contributed by atoms with E-state index in [0.29, 0.717) is 17.0 Å². The molecule has 0 aliphatic heterocycles. The summed E-state index contributed by atoms with van der Waals surface area (Å²) < 4.78 is 3.76. The molecule has 19 heavy (non-hydrogen) atoms. The van der Waals surface area contributed by atoms with E-state index < -0.39 is 16.9 Å². The lowest BCUT2D eigenvalue weighted by Gasteiger charge is -2.38. The van der Waals surface area contributed by atoms with Crippen LogP contribution in [0.5, 0.6) is 0 Å². The van der Waals surface area contributed by atoms with Gasteiger partial charge in [0.2, 0.25) is 0 Å². The number of aromatic nitrogens is 2. The molecule has 0 atom stereocenters. The number of carbonyl (C=O) groups is 2. The third kappa shape index (κ3) is 2.91. The van der Waals surface area contributed by atoms with Crippen LogP contribution in [0.4, 0.5) is 0 Å².